The van der Waals surface area contributed by atoms with Crippen molar-refractivity contribution < 1.29 is 14.3 Å². The summed E-state index contributed by atoms with van der Waals surface area (Å²) < 4.78 is 5.36. The number of carbonyl (C=O) groups excluding carboxylic acids is 1. The Balaban J connectivity index is 1.30. The molecule has 1 aliphatic heterocycles. The number of phenolic OH excluding ortho intramolecular Hbond substituents is 1. The van der Waals surface area contributed by atoms with E-state index in [1.54, 1.807) is 12.1 Å². The van der Waals surface area contributed by atoms with Crippen molar-refractivity contribution in [1.29, 1.82) is 0 Å². The molecule has 1 aliphatic rings. The highest BCUT2D eigenvalue weighted by Gasteiger charge is 2.21. The van der Waals surface area contributed by atoms with Gasteiger partial charge in [0, 0.05) is 56.2 Å². The largest absolute Gasteiger partial charge is 0.508 e. The van der Waals surface area contributed by atoms with Gasteiger partial charge in [-0.2, -0.15) is 0 Å². The first-order chi connectivity index (χ1) is 15.5. The minimum Gasteiger partial charge on any atom is -0.508 e. The van der Waals surface area contributed by atoms with Gasteiger partial charge in [0.05, 0.1) is 0 Å². The normalized spacial score (nSPS) is 15.0. The Bertz CT molecular complexity index is 1180. The molecule has 0 unspecified atom stereocenters. The molecule has 6 nitrogen and oxygen atoms in total. The van der Waals surface area contributed by atoms with Gasteiger partial charge in [0.25, 0.3) is 0 Å². The molecule has 2 heterocycles. The van der Waals surface area contributed by atoms with Crippen LogP contribution < -0.4 is 5.63 Å². The van der Waals surface area contributed by atoms with E-state index in [4.69, 9.17) is 4.42 Å². The van der Waals surface area contributed by atoms with E-state index in [0.29, 0.717) is 30.7 Å². The van der Waals surface area contributed by atoms with Crippen molar-refractivity contribution in [1.82, 2.24) is 9.80 Å². The Hall–Kier alpha value is -3.38. The summed E-state index contributed by atoms with van der Waals surface area (Å²) in [6.07, 6.45) is 4.91. The van der Waals surface area contributed by atoms with E-state index in [2.05, 4.69) is 29.2 Å². The molecule has 1 N–H and O–H groups in total. The third-order valence-corrected chi connectivity index (χ3v) is 6.06. The van der Waals surface area contributed by atoms with E-state index in [1.165, 1.54) is 11.6 Å². The van der Waals surface area contributed by atoms with Crippen LogP contribution in [0.1, 0.15) is 23.1 Å². The number of rotatable bonds is 6. The molecule has 1 saturated heterocycles. The fourth-order valence-electron chi connectivity index (χ4n) is 4.14. The standard InChI is InChI=1S/C26H28N2O4/c1-19-22-10-9-21(29)18-24(22)32-26(31)23(19)11-12-25(30)28-16-14-27(15-17-28)13-5-8-20-6-3-2-4-7-20/h2-10,18,29H,11-17H2,1H3/b8-5+. The molecule has 1 aromatic heterocycles. The summed E-state index contributed by atoms with van der Waals surface area (Å²) in [6.45, 7) is 5.80. The van der Waals surface area contributed by atoms with Crippen molar-refractivity contribution >= 4 is 23.0 Å². The van der Waals surface area contributed by atoms with Crippen LogP contribution in [0.15, 0.2) is 63.8 Å². The van der Waals surface area contributed by atoms with Crippen molar-refractivity contribution in [2.75, 3.05) is 32.7 Å². The summed E-state index contributed by atoms with van der Waals surface area (Å²) in [4.78, 5) is 29.4. The highest BCUT2D eigenvalue weighted by Crippen LogP contribution is 2.24. The molecule has 0 radical (unpaired) electrons. The number of aryl methyl sites for hydroxylation is 1. The maximum Gasteiger partial charge on any atom is 0.339 e. The van der Waals surface area contributed by atoms with Gasteiger partial charge in [0.15, 0.2) is 0 Å². The number of phenols is 1. The van der Waals surface area contributed by atoms with Gasteiger partial charge >= 0.3 is 5.63 Å². The number of fused-ring (bicyclic) bond motifs is 1. The van der Waals surface area contributed by atoms with E-state index in [0.717, 1.165) is 30.6 Å². The van der Waals surface area contributed by atoms with Crippen molar-refractivity contribution in [2.24, 2.45) is 0 Å². The number of piperazine rings is 1. The van der Waals surface area contributed by atoms with Crippen LogP contribution in [0.5, 0.6) is 5.75 Å². The molecule has 1 fully saturated rings. The first-order valence-electron chi connectivity index (χ1n) is 11.0. The van der Waals surface area contributed by atoms with Crippen molar-refractivity contribution in [2.45, 2.75) is 19.8 Å². The van der Waals surface area contributed by atoms with Crippen molar-refractivity contribution in [3.05, 3.63) is 81.7 Å². The molecule has 32 heavy (non-hydrogen) atoms. The Kier molecular flexibility index (Phi) is 6.71. The zero-order valence-corrected chi connectivity index (χ0v) is 18.3. The van der Waals surface area contributed by atoms with Gasteiger partial charge in [-0.3, -0.25) is 9.69 Å². The molecule has 0 atom stereocenters. The quantitative estimate of drug-likeness (QED) is 0.603. The van der Waals surface area contributed by atoms with Gasteiger partial charge in [0.1, 0.15) is 11.3 Å². The van der Waals surface area contributed by atoms with Crippen LogP contribution in [0.2, 0.25) is 0 Å². The van der Waals surface area contributed by atoms with Gasteiger partial charge in [0.2, 0.25) is 5.91 Å². The lowest BCUT2D eigenvalue weighted by atomic mass is 10.0. The SMILES string of the molecule is Cc1c(CCC(=O)N2CCN(C/C=C/c3ccccc3)CC2)c(=O)oc2cc(O)ccc12. The topological polar surface area (TPSA) is 74.0 Å². The average Bonchev–Trinajstić information content (AvgIpc) is 2.79. The second kappa shape index (κ2) is 9.83. The minimum atomic E-state index is -0.441. The molecule has 2 aromatic carbocycles. The first kappa shape index (κ1) is 21.8. The maximum absolute atomic E-state index is 12.7. The van der Waals surface area contributed by atoms with Gasteiger partial charge in [-0.15, -0.1) is 0 Å². The molecule has 166 valence electrons. The Labute approximate surface area is 187 Å². The molecule has 0 bridgehead atoms. The second-order valence-corrected chi connectivity index (χ2v) is 8.17. The third-order valence-electron chi connectivity index (χ3n) is 6.06. The van der Waals surface area contributed by atoms with Crippen LogP contribution >= 0.6 is 0 Å². The first-order valence-corrected chi connectivity index (χ1v) is 11.0. The van der Waals surface area contributed by atoms with E-state index < -0.39 is 5.63 Å². The molecule has 0 aliphatic carbocycles. The maximum atomic E-state index is 12.7. The molecule has 4 rings (SSSR count). The van der Waals surface area contributed by atoms with Crippen LogP contribution in [0.3, 0.4) is 0 Å². The molecule has 1 amide bonds. The minimum absolute atomic E-state index is 0.0534. The van der Waals surface area contributed by atoms with E-state index in [9.17, 15) is 14.7 Å². The lowest BCUT2D eigenvalue weighted by Crippen LogP contribution is -2.48. The molecule has 3 aromatic rings. The number of amides is 1. The fraction of sp³-hybridized carbons (Fsp3) is 0.308. The lowest BCUT2D eigenvalue weighted by Gasteiger charge is -2.34. The molecule has 6 heteroatoms. The zero-order chi connectivity index (χ0) is 22.5. The Morgan fingerprint density at radius 1 is 1.09 bits per heavy atom. The average molecular weight is 433 g/mol. The van der Waals surface area contributed by atoms with Gasteiger partial charge in [-0.1, -0.05) is 42.5 Å². The monoisotopic (exact) mass is 432 g/mol. The summed E-state index contributed by atoms with van der Waals surface area (Å²) in [5.41, 5.74) is 2.44. The fourth-order valence-corrected chi connectivity index (χ4v) is 4.14. The van der Waals surface area contributed by atoms with E-state index >= 15 is 0 Å². The summed E-state index contributed by atoms with van der Waals surface area (Å²) in [5.74, 6) is 0.117. The predicted molar refractivity (Wildman–Crippen MR) is 126 cm³/mol. The molecular formula is C26H28N2O4. The number of hydrogen-bond donors (Lipinski definition) is 1. The van der Waals surface area contributed by atoms with Crippen LogP contribution in [-0.4, -0.2) is 53.5 Å². The number of aromatic hydroxyl groups is 1. The van der Waals surface area contributed by atoms with Crippen molar-refractivity contribution in [3.8, 4) is 5.75 Å². The lowest BCUT2D eigenvalue weighted by molar-refractivity contribution is -0.132. The molecule has 0 saturated carbocycles. The number of benzene rings is 2. The van der Waals surface area contributed by atoms with Crippen LogP contribution in [-0.2, 0) is 11.2 Å². The molecular weight excluding hydrogens is 404 g/mol. The number of carbonyl (C=O) groups is 1. The highest BCUT2D eigenvalue weighted by molar-refractivity contribution is 5.82. The van der Waals surface area contributed by atoms with Gasteiger partial charge in [-0.05, 0) is 36.6 Å². The van der Waals surface area contributed by atoms with Crippen molar-refractivity contribution in [3.63, 3.8) is 0 Å². The van der Waals surface area contributed by atoms with Gasteiger partial charge < -0.3 is 14.4 Å². The molecule has 0 spiro atoms. The summed E-state index contributed by atoms with van der Waals surface area (Å²) in [5, 5.41) is 10.4. The highest BCUT2D eigenvalue weighted by atomic mass is 16.4. The zero-order valence-electron chi connectivity index (χ0n) is 18.3. The van der Waals surface area contributed by atoms with E-state index in [-0.39, 0.29) is 18.1 Å². The van der Waals surface area contributed by atoms with Crippen LogP contribution in [0.4, 0.5) is 0 Å². The summed E-state index contributed by atoms with van der Waals surface area (Å²) >= 11 is 0. The van der Waals surface area contributed by atoms with Crippen LogP contribution in [0.25, 0.3) is 17.0 Å². The summed E-state index contributed by atoms with van der Waals surface area (Å²) in [7, 11) is 0. The number of hydrogen-bond acceptors (Lipinski definition) is 5. The number of nitrogens with zero attached hydrogens (tertiary/aromatic N) is 2. The van der Waals surface area contributed by atoms with E-state index in [1.807, 2.05) is 30.0 Å². The predicted octanol–water partition coefficient (Wildman–Crippen LogP) is 3.60. The Morgan fingerprint density at radius 3 is 2.59 bits per heavy atom. The Morgan fingerprint density at radius 2 is 1.84 bits per heavy atom. The summed E-state index contributed by atoms with van der Waals surface area (Å²) in [6, 6.07) is 15.0. The van der Waals surface area contributed by atoms with Crippen LogP contribution in [0, 0.1) is 6.92 Å². The third kappa shape index (κ3) is 5.08. The smallest absolute Gasteiger partial charge is 0.339 e. The second-order valence-electron chi connectivity index (χ2n) is 8.17. The van der Waals surface area contributed by atoms with Gasteiger partial charge in [-0.25, -0.2) is 4.79 Å².